The van der Waals surface area contributed by atoms with Gasteiger partial charge in [0.15, 0.2) is 0 Å². The van der Waals surface area contributed by atoms with E-state index < -0.39 is 6.10 Å². The molecule has 0 aliphatic carbocycles. The zero-order valence-electron chi connectivity index (χ0n) is 6.36. The molecular weight excluding hydrogens is 140 g/mol. The van der Waals surface area contributed by atoms with Gasteiger partial charge in [-0.3, -0.25) is 9.97 Å². The molecule has 1 atom stereocenters. The molecular formula is C8H10N2O. The van der Waals surface area contributed by atoms with E-state index >= 15 is 0 Å². The first-order valence-electron chi connectivity index (χ1n) is 3.31. The van der Waals surface area contributed by atoms with E-state index in [4.69, 9.17) is 0 Å². The maximum Gasteiger partial charge on any atom is 0.118 e. The molecule has 0 amide bonds. The molecule has 1 N–H and O–H groups in total. The van der Waals surface area contributed by atoms with E-state index in [1.165, 1.54) is 6.20 Å². The summed E-state index contributed by atoms with van der Waals surface area (Å²) in [6, 6.07) is 0. The molecule has 58 valence electrons. The van der Waals surface area contributed by atoms with Crippen LogP contribution in [0.15, 0.2) is 30.7 Å². The minimum atomic E-state index is -0.691. The molecule has 1 rings (SSSR count). The van der Waals surface area contributed by atoms with E-state index in [1.807, 2.05) is 0 Å². The number of nitrogens with zero attached hydrogens (tertiary/aromatic N) is 2. The van der Waals surface area contributed by atoms with Crippen LogP contribution in [0, 0.1) is 0 Å². The Balaban J connectivity index is 2.85. The van der Waals surface area contributed by atoms with Gasteiger partial charge in [0.2, 0.25) is 0 Å². The van der Waals surface area contributed by atoms with Gasteiger partial charge in [0, 0.05) is 12.4 Å². The van der Waals surface area contributed by atoms with Crippen molar-refractivity contribution in [3.63, 3.8) is 0 Å². The third-order valence-electron chi connectivity index (χ3n) is 1.33. The molecule has 0 saturated heterocycles. The van der Waals surface area contributed by atoms with Crippen molar-refractivity contribution < 1.29 is 5.11 Å². The Labute approximate surface area is 65.4 Å². The summed E-state index contributed by atoms with van der Waals surface area (Å²) in [6.07, 6.45) is 3.94. The van der Waals surface area contributed by atoms with Crippen molar-refractivity contribution in [2.45, 2.75) is 13.0 Å². The highest BCUT2D eigenvalue weighted by Crippen LogP contribution is 2.15. The molecule has 0 saturated carbocycles. The molecule has 0 radical (unpaired) electrons. The minimum Gasteiger partial charge on any atom is -0.382 e. The van der Waals surface area contributed by atoms with Crippen molar-refractivity contribution in [3.8, 4) is 0 Å². The van der Waals surface area contributed by atoms with Crippen molar-refractivity contribution in [2.75, 3.05) is 0 Å². The van der Waals surface area contributed by atoms with Crippen LogP contribution in [0.5, 0.6) is 0 Å². The van der Waals surface area contributed by atoms with Gasteiger partial charge in [0.25, 0.3) is 0 Å². The fourth-order valence-corrected chi connectivity index (χ4v) is 0.704. The molecule has 0 aromatic carbocycles. The van der Waals surface area contributed by atoms with E-state index in [0.29, 0.717) is 11.3 Å². The zero-order chi connectivity index (χ0) is 8.27. The van der Waals surface area contributed by atoms with Gasteiger partial charge in [-0.2, -0.15) is 0 Å². The predicted octanol–water partition coefficient (Wildman–Crippen LogP) is 1.09. The first kappa shape index (κ1) is 7.88. The summed E-state index contributed by atoms with van der Waals surface area (Å²) in [6.45, 7) is 5.36. The first-order valence-corrected chi connectivity index (χ1v) is 3.31. The molecule has 3 nitrogen and oxygen atoms in total. The van der Waals surface area contributed by atoms with Gasteiger partial charge in [-0.1, -0.05) is 6.58 Å². The molecule has 0 spiro atoms. The van der Waals surface area contributed by atoms with Crippen LogP contribution < -0.4 is 0 Å². The highest BCUT2D eigenvalue weighted by molar-refractivity contribution is 5.11. The van der Waals surface area contributed by atoms with Gasteiger partial charge in [-0.15, -0.1) is 0 Å². The van der Waals surface area contributed by atoms with Crippen LogP contribution in [0.1, 0.15) is 18.7 Å². The highest BCUT2D eigenvalue weighted by atomic mass is 16.3. The largest absolute Gasteiger partial charge is 0.382 e. The molecule has 3 heteroatoms. The average Bonchev–Trinajstić information content (AvgIpc) is 2.05. The third kappa shape index (κ3) is 1.85. The Hall–Kier alpha value is -1.22. The lowest BCUT2D eigenvalue weighted by Crippen LogP contribution is -2.00. The Morgan fingerprint density at radius 1 is 1.64 bits per heavy atom. The minimum absolute atomic E-state index is 0.542. The van der Waals surface area contributed by atoms with Crippen molar-refractivity contribution >= 4 is 0 Å². The van der Waals surface area contributed by atoms with Crippen molar-refractivity contribution in [1.29, 1.82) is 0 Å². The lowest BCUT2D eigenvalue weighted by atomic mass is 10.1. The number of aromatic nitrogens is 2. The van der Waals surface area contributed by atoms with E-state index in [1.54, 1.807) is 19.3 Å². The summed E-state index contributed by atoms with van der Waals surface area (Å²) in [5.74, 6) is 0. The summed E-state index contributed by atoms with van der Waals surface area (Å²) >= 11 is 0. The van der Waals surface area contributed by atoms with Crippen molar-refractivity contribution in [2.24, 2.45) is 0 Å². The van der Waals surface area contributed by atoms with Gasteiger partial charge in [-0.05, 0) is 12.5 Å². The van der Waals surface area contributed by atoms with Crippen LogP contribution in [0.2, 0.25) is 0 Å². The Morgan fingerprint density at radius 3 is 2.82 bits per heavy atom. The monoisotopic (exact) mass is 150 g/mol. The summed E-state index contributed by atoms with van der Waals surface area (Å²) < 4.78 is 0. The van der Waals surface area contributed by atoms with Gasteiger partial charge in [0.1, 0.15) is 6.10 Å². The topological polar surface area (TPSA) is 46.0 Å². The SMILES string of the molecule is C=C(C)C(O)c1cnccn1. The molecule has 0 bridgehead atoms. The van der Waals surface area contributed by atoms with Gasteiger partial charge in [0.05, 0.1) is 11.9 Å². The number of aliphatic hydroxyl groups excluding tert-OH is 1. The average molecular weight is 150 g/mol. The van der Waals surface area contributed by atoms with E-state index in [-0.39, 0.29) is 0 Å². The third-order valence-corrected chi connectivity index (χ3v) is 1.33. The molecule has 1 heterocycles. The lowest BCUT2D eigenvalue weighted by molar-refractivity contribution is 0.211. The molecule has 1 aromatic rings. The van der Waals surface area contributed by atoms with Crippen LogP contribution in [0.3, 0.4) is 0 Å². The van der Waals surface area contributed by atoms with Crippen LogP contribution in [0.25, 0.3) is 0 Å². The number of hydrogen-bond acceptors (Lipinski definition) is 3. The quantitative estimate of drug-likeness (QED) is 0.642. The Morgan fingerprint density at radius 2 is 2.36 bits per heavy atom. The summed E-state index contributed by atoms with van der Waals surface area (Å²) in [5, 5.41) is 9.40. The first-order chi connectivity index (χ1) is 5.22. The van der Waals surface area contributed by atoms with E-state index in [0.717, 1.165) is 0 Å². The van der Waals surface area contributed by atoms with Gasteiger partial charge < -0.3 is 5.11 Å². The highest BCUT2D eigenvalue weighted by Gasteiger charge is 2.07. The summed E-state index contributed by atoms with van der Waals surface area (Å²) in [5.41, 5.74) is 1.21. The second-order valence-electron chi connectivity index (χ2n) is 2.38. The fourth-order valence-electron chi connectivity index (χ4n) is 0.704. The van der Waals surface area contributed by atoms with Gasteiger partial charge >= 0.3 is 0 Å². The van der Waals surface area contributed by atoms with Crippen LogP contribution in [-0.2, 0) is 0 Å². The lowest BCUT2D eigenvalue weighted by Gasteiger charge is -2.07. The molecule has 0 aliphatic rings. The Kier molecular flexibility index (Phi) is 2.33. The molecule has 1 unspecified atom stereocenters. The zero-order valence-corrected chi connectivity index (χ0v) is 6.36. The molecule has 0 aliphatic heterocycles. The van der Waals surface area contributed by atoms with E-state index in [2.05, 4.69) is 16.5 Å². The fraction of sp³-hybridized carbons (Fsp3) is 0.250. The van der Waals surface area contributed by atoms with Crippen LogP contribution >= 0.6 is 0 Å². The normalized spacial score (nSPS) is 12.5. The smallest absolute Gasteiger partial charge is 0.118 e. The maximum atomic E-state index is 9.40. The van der Waals surface area contributed by atoms with Crippen molar-refractivity contribution in [3.05, 3.63) is 36.4 Å². The number of rotatable bonds is 2. The van der Waals surface area contributed by atoms with Crippen LogP contribution in [-0.4, -0.2) is 15.1 Å². The number of hydrogen-bond donors (Lipinski definition) is 1. The second-order valence-corrected chi connectivity index (χ2v) is 2.38. The van der Waals surface area contributed by atoms with E-state index in [9.17, 15) is 5.11 Å². The second kappa shape index (κ2) is 3.25. The standard InChI is InChI=1S/C8H10N2O/c1-6(2)8(11)7-5-9-3-4-10-7/h3-5,8,11H,1H2,2H3. The van der Waals surface area contributed by atoms with Crippen molar-refractivity contribution in [1.82, 2.24) is 9.97 Å². The molecule has 1 aromatic heterocycles. The summed E-state index contributed by atoms with van der Waals surface area (Å²) in [7, 11) is 0. The summed E-state index contributed by atoms with van der Waals surface area (Å²) in [4.78, 5) is 7.75. The molecule has 11 heavy (non-hydrogen) atoms. The predicted molar refractivity (Wildman–Crippen MR) is 41.8 cm³/mol. The maximum absolute atomic E-state index is 9.40. The van der Waals surface area contributed by atoms with Crippen LogP contribution in [0.4, 0.5) is 0 Å². The molecule has 0 fully saturated rings. The van der Waals surface area contributed by atoms with Gasteiger partial charge in [-0.25, -0.2) is 0 Å². The number of aliphatic hydroxyl groups is 1. The Bertz CT molecular complexity index is 246.